The maximum absolute atomic E-state index is 15.1. The molecule has 0 fully saturated rings. The molecule has 174 valence electrons. The Kier molecular flexibility index (Phi) is 6.00. The number of thiazole rings is 1. The number of carbonyl (C=O) groups is 2. The van der Waals surface area contributed by atoms with Crippen LogP contribution in [-0.4, -0.2) is 28.2 Å². The molecule has 11 heteroatoms. The van der Waals surface area contributed by atoms with E-state index < -0.39 is 35.0 Å². The Labute approximate surface area is 190 Å². The first kappa shape index (κ1) is 23.0. The van der Waals surface area contributed by atoms with Crippen molar-refractivity contribution in [1.82, 2.24) is 15.2 Å². The van der Waals surface area contributed by atoms with Crippen molar-refractivity contribution in [3.8, 4) is 0 Å². The molecule has 2 heterocycles. The summed E-state index contributed by atoms with van der Waals surface area (Å²) in [5.74, 6) is -8.63. The van der Waals surface area contributed by atoms with Crippen LogP contribution < -0.4 is 11.1 Å². The fourth-order valence-electron chi connectivity index (χ4n) is 3.76. The molecular formula is C22H20F4N4O2S. The Morgan fingerprint density at radius 2 is 2.03 bits per heavy atom. The molecule has 1 aromatic carbocycles. The lowest BCUT2D eigenvalue weighted by atomic mass is 9.98. The van der Waals surface area contributed by atoms with Crippen LogP contribution in [0.4, 0.5) is 22.7 Å². The maximum Gasteiger partial charge on any atom is 0.352 e. The molecule has 2 aliphatic rings. The zero-order chi connectivity index (χ0) is 23.9. The molecule has 1 atom stereocenters. The van der Waals surface area contributed by atoms with Crippen LogP contribution in [0.1, 0.15) is 39.8 Å². The SMILES string of the molecule is CC1CC(NC(=O)c2ccc(F)c(C(F)(F)C(=O)N3CCc4sc(N)nc4C3)c2)=CC=C1F. The molecule has 2 amide bonds. The topological polar surface area (TPSA) is 88.3 Å². The van der Waals surface area contributed by atoms with Crippen LogP contribution in [0.3, 0.4) is 0 Å². The number of benzene rings is 1. The van der Waals surface area contributed by atoms with E-state index in [-0.39, 0.29) is 36.0 Å². The van der Waals surface area contributed by atoms with Crippen molar-refractivity contribution in [2.45, 2.75) is 32.2 Å². The molecule has 3 N–H and O–H groups in total. The number of alkyl halides is 2. The monoisotopic (exact) mass is 480 g/mol. The van der Waals surface area contributed by atoms with Gasteiger partial charge in [-0.3, -0.25) is 9.59 Å². The lowest BCUT2D eigenvalue weighted by molar-refractivity contribution is -0.160. The normalized spacial score (nSPS) is 18.3. The number of amides is 2. The van der Waals surface area contributed by atoms with Crippen LogP contribution in [0.25, 0.3) is 0 Å². The predicted octanol–water partition coefficient (Wildman–Crippen LogP) is 4.05. The number of halogens is 4. The van der Waals surface area contributed by atoms with Crippen LogP contribution in [0.2, 0.25) is 0 Å². The number of anilines is 1. The van der Waals surface area contributed by atoms with Gasteiger partial charge < -0.3 is 16.0 Å². The van der Waals surface area contributed by atoms with Crippen LogP contribution in [0, 0.1) is 11.7 Å². The second-order valence-corrected chi connectivity index (χ2v) is 9.09. The molecule has 1 aromatic heterocycles. The predicted molar refractivity (Wildman–Crippen MR) is 114 cm³/mol. The molecule has 0 radical (unpaired) electrons. The highest BCUT2D eigenvalue weighted by Gasteiger charge is 2.47. The average Bonchev–Trinajstić information content (AvgIpc) is 3.15. The number of nitrogens with two attached hydrogens (primary N) is 1. The summed E-state index contributed by atoms with van der Waals surface area (Å²) in [5, 5.41) is 2.80. The van der Waals surface area contributed by atoms with Gasteiger partial charge in [-0.05, 0) is 36.8 Å². The number of carbonyl (C=O) groups excluding carboxylic acids is 2. The second kappa shape index (κ2) is 8.62. The largest absolute Gasteiger partial charge is 0.375 e. The van der Waals surface area contributed by atoms with E-state index in [9.17, 15) is 18.4 Å². The average molecular weight is 480 g/mol. The third-order valence-corrected chi connectivity index (χ3v) is 6.57. The highest BCUT2D eigenvalue weighted by molar-refractivity contribution is 7.15. The van der Waals surface area contributed by atoms with Gasteiger partial charge in [0.2, 0.25) is 0 Å². The van der Waals surface area contributed by atoms with E-state index in [1.54, 1.807) is 6.92 Å². The summed E-state index contributed by atoms with van der Waals surface area (Å²) in [6.07, 6.45) is 3.13. The van der Waals surface area contributed by atoms with Crippen molar-refractivity contribution in [3.05, 3.63) is 69.4 Å². The van der Waals surface area contributed by atoms with E-state index in [2.05, 4.69) is 10.3 Å². The maximum atomic E-state index is 15.1. The number of aromatic nitrogens is 1. The van der Waals surface area contributed by atoms with Gasteiger partial charge >= 0.3 is 5.92 Å². The zero-order valence-electron chi connectivity index (χ0n) is 17.5. The fraction of sp³-hybridized carbons (Fsp3) is 0.318. The lowest BCUT2D eigenvalue weighted by Gasteiger charge is -2.29. The van der Waals surface area contributed by atoms with Crippen molar-refractivity contribution >= 4 is 28.3 Å². The smallest absolute Gasteiger partial charge is 0.352 e. The van der Waals surface area contributed by atoms with Gasteiger partial charge in [-0.1, -0.05) is 6.92 Å². The molecule has 33 heavy (non-hydrogen) atoms. The van der Waals surface area contributed by atoms with Crippen molar-refractivity contribution in [2.75, 3.05) is 12.3 Å². The van der Waals surface area contributed by atoms with Gasteiger partial charge in [-0.25, -0.2) is 13.8 Å². The summed E-state index contributed by atoms with van der Waals surface area (Å²) < 4.78 is 58.1. The van der Waals surface area contributed by atoms with E-state index >= 15 is 8.78 Å². The Bertz CT molecular complexity index is 1190. The summed E-state index contributed by atoms with van der Waals surface area (Å²) in [6.45, 7) is 1.49. The zero-order valence-corrected chi connectivity index (χ0v) is 18.3. The molecule has 0 saturated carbocycles. The summed E-state index contributed by atoms with van der Waals surface area (Å²) >= 11 is 1.24. The van der Waals surface area contributed by atoms with Crippen LogP contribution in [-0.2, 0) is 23.7 Å². The third-order valence-electron chi connectivity index (χ3n) is 5.58. The first-order valence-electron chi connectivity index (χ1n) is 10.1. The molecule has 0 spiro atoms. The molecule has 2 aromatic rings. The van der Waals surface area contributed by atoms with Crippen molar-refractivity contribution < 1.29 is 27.2 Å². The Balaban J connectivity index is 1.55. The lowest BCUT2D eigenvalue weighted by Crippen LogP contribution is -2.44. The minimum absolute atomic E-state index is 0.0151. The molecule has 0 saturated heterocycles. The summed E-state index contributed by atoms with van der Waals surface area (Å²) in [5.41, 5.74) is 5.04. The van der Waals surface area contributed by atoms with Crippen LogP contribution in [0.15, 0.2) is 41.9 Å². The van der Waals surface area contributed by atoms with Crippen LogP contribution in [0.5, 0.6) is 0 Å². The number of nitrogens with zero attached hydrogens (tertiary/aromatic N) is 2. The molecule has 1 aliphatic heterocycles. The van der Waals surface area contributed by atoms with Gasteiger partial charge in [0.05, 0.1) is 17.8 Å². The highest BCUT2D eigenvalue weighted by atomic mass is 32.1. The molecule has 1 aliphatic carbocycles. The molecular weight excluding hydrogens is 460 g/mol. The second-order valence-electron chi connectivity index (χ2n) is 7.97. The molecule has 4 rings (SSSR count). The van der Waals surface area contributed by atoms with Gasteiger partial charge in [0.1, 0.15) is 11.6 Å². The fourth-order valence-corrected chi connectivity index (χ4v) is 4.59. The molecule has 1 unspecified atom stereocenters. The number of hydrogen-bond acceptors (Lipinski definition) is 5. The van der Waals surface area contributed by atoms with Gasteiger partial charge in [-0.15, -0.1) is 11.3 Å². The minimum Gasteiger partial charge on any atom is -0.375 e. The van der Waals surface area contributed by atoms with E-state index in [1.165, 1.54) is 23.5 Å². The number of fused-ring (bicyclic) bond motifs is 1. The molecule has 0 bridgehead atoms. The van der Waals surface area contributed by atoms with Crippen molar-refractivity contribution in [2.24, 2.45) is 5.92 Å². The Morgan fingerprint density at radius 1 is 1.27 bits per heavy atom. The minimum atomic E-state index is -4.20. The summed E-state index contributed by atoms with van der Waals surface area (Å²) in [7, 11) is 0. The number of rotatable bonds is 4. The number of hydrogen-bond donors (Lipinski definition) is 2. The van der Waals surface area contributed by atoms with Crippen molar-refractivity contribution in [1.29, 1.82) is 0 Å². The number of nitrogen functional groups attached to an aromatic ring is 1. The van der Waals surface area contributed by atoms with Gasteiger partial charge in [0.15, 0.2) is 5.13 Å². The Hall–Kier alpha value is -3.21. The quantitative estimate of drug-likeness (QED) is 0.647. The van der Waals surface area contributed by atoms with E-state index in [4.69, 9.17) is 5.73 Å². The first-order chi connectivity index (χ1) is 15.6. The van der Waals surface area contributed by atoms with Gasteiger partial charge in [0, 0.05) is 35.0 Å². The van der Waals surface area contributed by atoms with E-state index in [0.717, 1.165) is 21.9 Å². The third kappa shape index (κ3) is 4.50. The highest BCUT2D eigenvalue weighted by Crippen LogP contribution is 2.35. The first-order valence-corrected chi connectivity index (χ1v) is 11.0. The molecule has 6 nitrogen and oxygen atoms in total. The summed E-state index contributed by atoms with van der Waals surface area (Å²) in [4.78, 5) is 31.0. The van der Waals surface area contributed by atoms with Crippen LogP contribution >= 0.6 is 11.3 Å². The van der Waals surface area contributed by atoms with Gasteiger partial charge in [-0.2, -0.15) is 8.78 Å². The number of nitrogens with one attached hydrogen (secondary N) is 1. The van der Waals surface area contributed by atoms with Gasteiger partial charge in [0.25, 0.3) is 11.8 Å². The Morgan fingerprint density at radius 3 is 2.76 bits per heavy atom. The standard InChI is InChI=1S/C22H20F4N4O2S/c1-11-8-13(3-5-15(11)23)28-19(31)12-2-4-16(24)14(9-12)22(25,26)20(32)30-7-6-18-17(10-30)29-21(27)33-18/h2-5,9,11H,6-8,10H2,1H3,(H2,27,29)(H,28,31). The van der Waals surface area contributed by atoms with Crippen molar-refractivity contribution in [3.63, 3.8) is 0 Å². The van der Waals surface area contributed by atoms with E-state index in [0.29, 0.717) is 23.9 Å². The number of allylic oxidation sites excluding steroid dienone is 4. The van der Waals surface area contributed by atoms with E-state index in [1.807, 2.05) is 0 Å². The summed E-state index contributed by atoms with van der Waals surface area (Å²) in [6, 6.07) is 2.43.